The standard InChI is InChI=1S/C15H20F2N2O4S/c1-10(15(20)18-9-12-4-3-7-23-12)19(24(2,21)22)11-5-6-13(16)14(17)8-11/h5-6,8,10,12H,3-4,7,9H2,1-2H3,(H,18,20)/t10-,12-/m1/s1. The minimum Gasteiger partial charge on any atom is -0.376 e. The van der Waals surface area contributed by atoms with E-state index in [4.69, 9.17) is 4.74 Å². The molecular formula is C15H20F2N2O4S. The fourth-order valence-electron chi connectivity index (χ4n) is 2.60. The van der Waals surface area contributed by atoms with Crippen LogP contribution in [0.2, 0.25) is 0 Å². The van der Waals surface area contributed by atoms with Crippen molar-refractivity contribution in [2.75, 3.05) is 23.7 Å². The second-order valence-corrected chi connectivity index (χ2v) is 7.57. The molecule has 0 saturated carbocycles. The highest BCUT2D eigenvalue weighted by molar-refractivity contribution is 7.92. The lowest BCUT2D eigenvalue weighted by atomic mass is 10.2. The number of nitrogens with zero attached hydrogens (tertiary/aromatic N) is 1. The van der Waals surface area contributed by atoms with Crippen LogP contribution in [0.25, 0.3) is 0 Å². The van der Waals surface area contributed by atoms with Gasteiger partial charge in [-0.05, 0) is 31.9 Å². The summed E-state index contributed by atoms with van der Waals surface area (Å²) in [6, 6.07) is 1.56. The smallest absolute Gasteiger partial charge is 0.243 e. The molecule has 1 aromatic rings. The second-order valence-electron chi connectivity index (χ2n) is 5.71. The van der Waals surface area contributed by atoms with E-state index in [0.717, 1.165) is 41.6 Å². The van der Waals surface area contributed by atoms with Crippen LogP contribution >= 0.6 is 0 Å². The quantitative estimate of drug-likeness (QED) is 0.830. The summed E-state index contributed by atoms with van der Waals surface area (Å²) in [5.41, 5.74) is -0.115. The van der Waals surface area contributed by atoms with E-state index in [-0.39, 0.29) is 18.3 Å². The van der Waals surface area contributed by atoms with Crippen LogP contribution in [0, 0.1) is 11.6 Å². The van der Waals surface area contributed by atoms with Gasteiger partial charge in [-0.1, -0.05) is 0 Å². The van der Waals surface area contributed by atoms with Gasteiger partial charge in [-0.15, -0.1) is 0 Å². The third-order valence-electron chi connectivity index (χ3n) is 3.77. The summed E-state index contributed by atoms with van der Waals surface area (Å²) >= 11 is 0. The summed E-state index contributed by atoms with van der Waals surface area (Å²) in [4.78, 5) is 12.3. The van der Waals surface area contributed by atoms with Crippen LogP contribution in [0.5, 0.6) is 0 Å². The maximum absolute atomic E-state index is 13.4. The van der Waals surface area contributed by atoms with Gasteiger partial charge in [0.1, 0.15) is 6.04 Å². The first-order chi connectivity index (χ1) is 11.2. The molecule has 2 atom stereocenters. The van der Waals surface area contributed by atoms with Gasteiger partial charge in [-0.25, -0.2) is 17.2 Å². The van der Waals surface area contributed by atoms with Crippen molar-refractivity contribution in [2.45, 2.75) is 31.9 Å². The highest BCUT2D eigenvalue weighted by atomic mass is 32.2. The number of carbonyl (C=O) groups is 1. The average Bonchev–Trinajstić information content (AvgIpc) is 3.00. The van der Waals surface area contributed by atoms with Crippen molar-refractivity contribution < 1.29 is 26.7 Å². The van der Waals surface area contributed by atoms with E-state index in [9.17, 15) is 22.0 Å². The molecule has 0 bridgehead atoms. The van der Waals surface area contributed by atoms with Gasteiger partial charge in [0.25, 0.3) is 0 Å². The third kappa shape index (κ3) is 4.41. The molecule has 0 aliphatic carbocycles. The normalized spacial score (nSPS) is 19.1. The largest absolute Gasteiger partial charge is 0.376 e. The summed E-state index contributed by atoms with van der Waals surface area (Å²) in [7, 11) is -3.88. The number of rotatable bonds is 6. The van der Waals surface area contributed by atoms with Crippen molar-refractivity contribution in [1.29, 1.82) is 0 Å². The summed E-state index contributed by atoms with van der Waals surface area (Å²) in [5.74, 6) is -2.82. The van der Waals surface area contributed by atoms with Crippen LogP contribution < -0.4 is 9.62 Å². The zero-order valence-corrected chi connectivity index (χ0v) is 14.3. The van der Waals surface area contributed by atoms with Crippen LogP contribution in [0.1, 0.15) is 19.8 Å². The van der Waals surface area contributed by atoms with E-state index in [1.807, 2.05) is 0 Å². The maximum atomic E-state index is 13.4. The number of hydrogen-bond acceptors (Lipinski definition) is 4. The number of anilines is 1. The number of halogens is 2. The minimum absolute atomic E-state index is 0.0869. The van der Waals surface area contributed by atoms with Gasteiger partial charge in [0, 0.05) is 19.2 Å². The molecule has 0 spiro atoms. The maximum Gasteiger partial charge on any atom is 0.243 e. The first-order valence-corrected chi connectivity index (χ1v) is 9.38. The molecule has 1 saturated heterocycles. The van der Waals surface area contributed by atoms with Crippen LogP contribution in [0.4, 0.5) is 14.5 Å². The van der Waals surface area contributed by atoms with Crippen molar-refractivity contribution in [3.8, 4) is 0 Å². The summed E-state index contributed by atoms with van der Waals surface area (Å²) < 4.78 is 56.7. The van der Waals surface area contributed by atoms with Gasteiger partial charge in [-0.2, -0.15) is 0 Å². The monoisotopic (exact) mass is 362 g/mol. The van der Waals surface area contributed by atoms with Crippen molar-refractivity contribution in [3.05, 3.63) is 29.8 Å². The van der Waals surface area contributed by atoms with E-state index in [1.54, 1.807) is 0 Å². The molecule has 9 heteroatoms. The lowest BCUT2D eigenvalue weighted by Gasteiger charge is -2.28. The molecule has 1 N–H and O–H groups in total. The SMILES string of the molecule is C[C@H](C(=O)NC[C@H]1CCCO1)N(c1ccc(F)c(F)c1)S(C)(=O)=O. The van der Waals surface area contributed by atoms with Crippen LogP contribution in [-0.2, 0) is 19.6 Å². The Kier molecular flexibility index (Phi) is 5.76. The lowest BCUT2D eigenvalue weighted by molar-refractivity contribution is -0.122. The minimum atomic E-state index is -3.88. The Hall–Kier alpha value is -1.74. The number of nitrogens with one attached hydrogen (secondary N) is 1. The Morgan fingerprint density at radius 3 is 2.67 bits per heavy atom. The molecule has 0 aromatic heterocycles. The molecule has 1 aliphatic heterocycles. The van der Waals surface area contributed by atoms with Crippen molar-refractivity contribution in [3.63, 3.8) is 0 Å². The van der Waals surface area contributed by atoms with Crippen LogP contribution in [0.15, 0.2) is 18.2 Å². The molecule has 2 rings (SSSR count). The highest BCUT2D eigenvalue weighted by Gasteiger charge is 2.30. The Balaban J connectivity index is 2.17. The van der Waals surface area contributed by atoms with E-state index in [2.05, 4.69) is 5.32 Å². The second kappa shape index (κ2) is 7.43. The number of hydrogen-bond donors (Lipinski definition) is 1. The number of ether oxygens (including phenoxy) is 1. The molecule has 134 valence electrons. The van der Waals surface area contributed by atoms with Gasteiger partial charge < -0.3 is 10.1 Å². The highest BCUT2D eigenvalue weighted by Crippen LogP contribution is 2.23. The number of amides is 1. The third-order valence-corrected chi connectivity index (χ3v) is 5.02. The summed E-state index contributed by atoms with van der Waals surface area (Å²) in [6.45, 7) is 2.30. The van der Waals surface area contributed by atoms with Gasteiger partial charge in [0.05, 0.1) is 18.0 Å². The van der Waals surface area contributed by atoms with E-state index in [1.165, 1.54) is 6.92 Å². The fourth-order valence-corrected chi connectivity index (χ4v) is 3.77. The molecule has 1 aromatic carbocycles. The van der Waals surface area contributed by atoms with Gasteiger partial charge in [-0.3, -0.25) is 9.10 Å². The zero-order valence-electron chi connectivity index (χ0n) is 13.5. The molecular weight excluding hydrogens is 342 g/mol. The molecule has 1 heterocycles. The Morgan fingerprint density at radius 2 is 2.12 bits per heavy atom. The Labute approximate surface area is 139 Å². The van der Waals surface area contributed by atoms with Gasteiger partial charge in [0.2, 0.25) is 15.9 Å². The predicted molar refractivity (Wildman–Crippen MR) is 85.1 cm³/mol. The van der Waals surface area contributed by atoms with E-state index in [0.29, 0.717) is 6.61 Å². The van der Waals surface area contributed by atoms with Crippen molar-refractivity contribution in [1.82, 2.24) is 5.32 Å². The lowest BCUT2D eigenvalue weighted by Crippen LogP contribution is -2.49. The Bertz CT molecular complexity index is 705. The number of sulfonamides is 1. The first kappa shape index (κ1) is 18.6. The average molecular weight is 362 g/mol. The van der Waals surface area contributed by atoms with Crippen LogP contribution in [-0.4, -0.2) is 45.9 Å². The molecule has 6 nitrogen and oxygen atoms in total. The topological polar surface area (TPSA) is 75.7 Å². The van der Waals surface area contributed by atoms with Gasteiger partial charge in [0.15, 0.2) is 11.6 Å². The summed E-state index contributed by atoms with van der Waals surface area (Å²) in [5, 5.41) is 2.63. The number of carbonyl (C=O) groups excluding carboxylic acids is 1. The van der Waals surface area contributed by atoms with Crippen molar-refractivity contribution in [2.24, 2.45) is 0 Å². The molecule has 1 aliphatic rings. The van der Waals surface area contributed by atoms with E-state index >= 15 is 0 Å². The molecule has 24 heavy (non-hydrogen) atoms. The van der Waals surface area contributed by atoms with E-state index < -0.39 is 33.6 Å². The zero-order chi connectivity index (χ0) is 17.9. The predicted octanol–water partition coefficient (Wildman–Crippen LogP) is 1.41. The van der Waals surface area contributed by atoms with Crippen LogP contribution in [0.3, 0.4) is 0 Å². The Morgan fingerprint density at radius 1 is 1.42 bits per heavy atom. The van der Waals surface area contributed by atoms with Crippen molar-refractivity contribution >= 4 is 21.6 Å². The summed E-state index contributed by atoms with van der Waals surface area (Å²) in [6.07, 6.45) is 2.56. The molecule has 0 unspecified atom stereocenters. The molecule has 1 fully saturated rings. The number of benzene rings is 1. The molecule has 0 radical (unpaired) electrons. The van der Waals surface area contributed by atoms with Gasteiger partial charge >= 0.3 is 0 Å². The molecule has 1 amide bonds. The fraction of sp³-hybridized carbons (Fsp3) is 0.533. The first-order valence-electron chi connectivity index (χ1n) is 7.54.